The van der Waals surface area contributed by atoms with Crippen LogP contribution in [0.1, 0.15) is 49.3 Å². The van der Waals surface area contributed by atoms with Crippen LogP contribution in [0.3, 0.4) is 0 Å². The lowest BCUT2D eigenvalue weighted by molar-refractivity contribution is 0.279. The highest BCUT2D eigenvalue weighted by molar-refractivity contribution is 5.80. The summed E-state index contributed by atoms with van der Waals surface area (Å²) in [5.41, 5.74) is 4.28. The van der Waals surface area contributed by atoms with Crippen LogP contribution < -0.4 is 10.9 Å². The van der Waals surface area contributed by atoms with Crippen molar-refractivity contribution in [3.8, 4) is 0 Å². The second kappa shape index (κ2) is 6.25. The highest BCUT2D eigenvalue weighted by Gasteiger charge is 2.20. The van der Waals surface area contributed by atoms with Crippen molar-refractivity contribution in [1.29, 1.82) is 0 Å². The molecule has 3 rings (SSSR count). The van der Waals surface area contributed by atoms with Crippen molar-refractivity contribution in [3.05, 3.63) is 45.2 Å². The quantitative estimate of drug-likeness (QED) is 0.905. The van der Waals surface area contributed by atoms with Gasteiger partial charge in [-0.3, -0.25) is 4.79 Å². The molecule has 0 spiro atoms. The monoisotopic (exact) mass is 298 g/mol. The summed E-state index contributed by atoms with van der Waals surface area (Å²) >= 11 is 0. The molecule has 1 aromatic carbocycles. The van der Waals surface area contributed by atoms with E-state index in [-0.39, 0.29) is 5.56 Å². The number of pyridine rings is 1. The summed E-state index contributed by atoms with van der Waals surface area (Å²) in [6.45, 7) is 7.16. The number of benzene rings is 1. The van der Waals surface area contributed by atoms with Crippen LogP contribution >= 0.6 is 0 Å². The lowest BCUT2D eigenvalue weighted by Gasteiger charge is -2.29. The van der Waals surface area contributed by atoms with Crippen LogP contribution in [-0.4, -0.2) is 11.0 Å². The van der Waals surface area contributed by atoms with E-state index < -0.39 is 0 Å². The fourth-order valence-corrected chi connectivity index (χ4v) is 3.51. The molecule has 2 aromatic rings. The van der Waals surface area contributed by atoms with Crippen molar-refractivity contribution in [2.24, 2.45) is 5.92 Å². The highest BCUT2D eigenvalue weighted by Crippen LogP contribution is 2.24. The van der Waals surface area contributed by atoms with Gasteiger partial charge in [0.15, 0.2) is 0 Å². The summed E-state index contributed by atoms with van der Waals surface area (Å²) in [5, 5.41) is 4.72. The van der Waals surface area contributed by atoms with Gasteiger partial charge in [0, 0.05) is 23.7 Å². The highest BCUT2D eigenvalue weighted by atomic mass is 16.1. The van der Waals surface area contributed by atoms with Crippen molar-refractivity contribution in [2.75, 3.05) is 0 Å². The summed E-state index contributed by atoms with van der Waals surface area (Å²) < 4.78 is 0. The molecule has 0 saturated heterocycles. The first-order valence-corrected chi connectivity index (χ1v) is 8.41. The van der Waals surface area contributed by atoms with Crippen molar-refractivity contribution in [1.82, 2.24) is 10.3 Å². The normalized spacial score (nSPS) is 22.1. The minimum absolute atomic E-state index is 0.0340. The lowest BCUT2D eigenvalue weighted by atomic mass is 9.86. The first-order chi connectivity index (χ1) is 10.5. The molecule has 0 amide bonds. The molecule has 2 N–H and O–H groups in total. The summed E-state index contributed by atoms with van der Waals surface area (Å²) in [7, 11) is 0. The van der Waals surface area contributed by atoms with Gasteiger partial charge in [-0.05, 0) is 67.3 Å². The molecule has 2 atom stereocenters. The molecule has 1 fully saturated rings. The fraction of sp³-hybridized carbons (Fsp3) is 0.526. The minimum atomic E-state index is 0.0340. The molecule has 1 saturated carbocycles. The largest absolute Gasteiger partial charge is 0.322 e. The predicted molar refractivity (Wildman–Crippen MR) is 92.3 cm³/mol. The molecule has 0 bridgehead atoms. The number of hydrogen-bond acceptors (Lipinski definition) is 2. The maximum absolute atomic E-state index is 12.3. The maximum Gasteiger partial charge on any atom is 0.252 e. The molecule has 1 aliphatic rings. The van der Waals surface area contributed by atoms with E-state index in [1.165, 1.54) is 36.8 Å². The first-order valence-electron chi connectivity index (χ1n) is 8.41. The Morgan fingerprint density at radius 3 is 2.64 bits per heavy atom. The van der Waals surface area contributed by atoms with Crippen molar-refractivity contribution >= 4 is 10.9 Å². The second-order valence-corrected chi connectivity index (χ2v) is 6.90. The number of aromatic nitrogens is 1. The molecule has 0 unspecified atom stereocenters. The fourth-order valence-electron chi connectivity index (χ4n) is 3.51. The molecular formula is C19H26N2O. The smallest absolute Gasteiger partial charge is 0.252 e. The van der Waals surface area contributed by atoms with Crippen molar-refractivity contribution < 1.29 is 0 Å². The molecule has 3 heteroatoms. The van der Waals surface area contributed by atoms with Crippen molar-refractivity contribution in [3.63, 3.8) is 0 Å². The summed E-state index contributed by atoms with van der Waals surface area (Å²) in [4.78, 5) is 15.3. The number of aromatic amines is 1. The molecule has 1 aromatic heterocycles. The number of nitrogens with one attached hydrogen (secondary N) is 2. The zero-order chi connectivity index (χ0) is 15.7. The Bertz CT molecular complexity index is 732. The van der Waals surface area contributed by atoms with Gasteiger partial charge in [-0.2, -0.15) is 0 Å². The number of fused-ring (bicyclic) bond motifs is 1. The minimum Gasteiger partial charge on any atom is -0.322 e. The Labute approximate surface area is 132 Å². The maximum atomic E-state index is 12.3. The number of rotatable bonds is 3. The summed E-state index contributed by atoms with van der Waals surface area (Å²) in [6, 6.07) is 6.81. The second-order valence-electron chi connectivity index (χ2n) is 6.90. The Morgan fingerprint density at radius 2 is 1.86 bits per heavy atom. The van der Waals surface area contributed by atoms with Crippen LogP contribution in [0.4, 0.5) is 0 Å². The molecule has 118 valence electrons. The van der Waals surface area contributed by atoms with E-state index in [4.69, 9.17) is 0 Å². The van der Waals surface area contributed by atoms with Gasteiger partial charge < -0.3 is 10.3 Å². The molecule has 3 nitrogen and oxygen atoms in total. The van der Waals surface area contributed by atoms with E-state index in [9.17, 15) is 4.79 Å². The predicted octanol–water partition coefficient (Wildman–Crippen LogP) is 3.81. The molecule has 0 aliphatic heterocycles. The van der Waals surface area contributed by atoms with Crippen molar-refractivity contribution in [2.45, 2.75) is 59.0 Å². The van der Waals surface area contributed by atoms with E-state index in [1.807, 2.05) is 6.07 Å². The van der Waals surface area contributed by atoms with Gasteiger partial charge in [0.05, 0.1) is 0 Å². The average molecular weight is 298 g/mol. The van der Waals surface area contributed by atoms with Crippen LogP contribution in [0, 0.1) is 19.8 Å². The zero-order valence-electron chi connectivity index (χ0n) is 13.8. The zero-order valence-corrected chi connectivity index (χ0v) is 13.8. The standard InChI is InChI=1S/C19H26N2O/c1-12-6-4-5-7-17(12)20-11-16-10-15-8-13(2)14(3)9-18(15)21-19(16)22/h8-10,12,17,20H,4-7,11H2,1-3H3,(H,21,22)/t12-,17-/m1/s1. The Morgan fingerprint density at radius 1 is 1.14 bits per heavy atom. The topological polar surface area (TPSA) is 44.9 Å². The number of hydrogen-bond donors (Lipinski definition) is 2. The average Bonchev–Trinajstić information content (AvgIpc) is 2.48. The molecule has 1 aliphatic carbocycles. The molecular weight excluding hydrogens is 272 g/mol. The first kappa shape index (κ1) is 15.3. The number of H-pyrrole nitrogens is 1. The summed E-state index contributed by atoms with van der Waals surface area (Å²) in [5.74, 6) is 0.707. The van der Waals surface area contributed by atoms with E-state index in [2.05, 4.69) is 43.2 Å². The Kier molecular flexibility index (Phi) is 4.34. The van der Waals surface area contributed by atoms with Gasteiger partial charge in [-0.1, -0.05) is 19.8 Å². The van der Waals surface area contributed by atoms with Gasteiger partial charge in [0.25, 0.3) is 5.56 Å². The van der Waals surface area contributed by atoms with E-state index in [0.29, 0.717) is 18.5 Å². The molecule has 22 heavy (non-hydrogen) atoms. The SMILES string of the molecule is Cc1cc2cc(CN[C@@H]3CCCC[C@H]3C)c(=O)[nH]c2cc1C. The lowest BCUT2D eigenvalue weighted by Crippen LogP contribution is -2.37. The third kappa shape index (κ3) is 3.09. The van der Waals surface area contributed by atoms with Gasteiger partial charge in [0.1, 0.15) is 0 Å². The van der Waals surface area contributed by atoms with Gasteiger partial charge in [0.2, 0.25) is 0 Å². The van der Waals surface area contributed by atoms with E-state index >= 15 is 0 Å². The third-order valence-electron chi connectivity index (χ3n) is 5.20. The van der Waals surface area contributed by atoms with Crippen LogP contribution in [0.5, 0.6) is 0 Å². The van der Waals surface area contributed by atoms with Gasteiger partial charge in [-0.25, -0.2) is 0 Å². The Hall–Kier alpha value is -1.61. The Balaban J connectivity index is 1.83. The summed E-state index contributed by atoms with van der Waals surface area (Å²) in [6.07, 6.45) is 5.16. The van der Waals surface area contributed by atoms with Crippen LogP contribution in [0.25, 0.3) is 10.9 Å². The molecule has 0 radical (unpaired) electrons. The van der Waals surface area contributed by atoms with Gasteiger partial charge in [-0.15, -0.1) is 0 Å². The van der Waals surface area contributed by atoms with Crippen LogP contribution in [0.15, 0.2) is 23.0 Å². The third-order valence-corrected chi connectivity index (χ3v) is 5.20. The van der Waals surface area contributed by atoms with Crippen LogP contribution in [-0.2, 0) is 6.54 Å². The van der Waals surface area contributed by atoms with E-state index in [0.717, 1.165) is 16.5 Å². The molecule has 1 heterocycles. The number of aryl methyl sites for hydroxylation is 2. The van der Waals surface area contributed by atoms with Crippen LogP contribution in [0.2, 0.25) is 0 Å². The van der Waals surface area contributed by atoms with E-state index in [1.54, 1.807) is 0 Å². The van der Waals surface area contributed by atoms with Gasteiger partial charge >= 0.3 is 0 Å².